The molecule has 0 bridgehead atoms. The maximum atomic E-state index is 14.1. The molecule has 0 amide bonds. The third-order valence-corrected chi connectivity index (χ3v) is 3.44. The van der Waals surface area contributed by atoms with Crippen molar-refractivity contribution in [3.63, 3.8) is 0 Å². The number of anilines is 2. The van der Waals surface area contributed by atoms with Gasteiger partial charge >= 0.3 is 0 Å². The van der Waals surface area contributed by atoms with Crippen molar-refractivity contribution in [1.29, 1.82) is 0 Å². The molecule has 0 spiro atoms. The smallest absolute Gasteiger partial charge is 0.272 e. The number of halogens is 2. The molecule has 0 unspecified atom stereocenters. The number of nitrogens with zero attached hydrogens (tertiary/aromatic N) is 3. The van der Waals surface area contributed by atoms with Crippen LogP contribution in [0.2, 0.25) is 5.28 Å². The van der Waals surface area contributed by atoms with Crippen molar-refractivity contribution in [1.82, 2.24) is 9.97 Å². The van der Waals surface area contributed by atoms with Gasteiger partial charge in [0.1, 0.15) is 0 Å². The number of hydrogen-bond acceptors (Lipinski definition) is 5. The molecule has 0 atom stereocenters. The summed E-state index contributed by atoms with van der Waals surface area (Å²) in [4.78, 5) is 18.0. The normalized spacial score (nSPS) is 10.4. The lowest BCUT2D eigenvalue weighted by Crippen LogP contribution is -1.98. The molecule has 3 rings (SSSR count). The lowest BCUT2D eigenvalue weighted by Gasteiger charge is -2.12. The molecule has 8 heteroatoms. The Labute approximate surface area is 141 Å². The van der Waals surface area contributed by atoms with Gasteiger partial charge in [0.2, 0.25) is 5.28 Å². The highest BCUT2D eigenvalue weighted by Gasteiger charge is 2.13. The molecule has 0 saturated heterocycles. The third-order valence-electron chi connectivity index (χ3n) is 3.26. The monoisotopic (exact) mass is 344 g/mol. The standard InChI is InChI=1S/C16H10ClFN4O2/c17-16-19-8-7-14(21-16)11-3-1-2-4-13(11)20-15-6-5-10(22(23)24)9-12(15)18/h1-9,20H. The van der Waals surface area contributed by atoms with Gasteiger partial charge in [-0.25, -0.2) is 14.4 Å². The zero-order valence-corrected chi connectivity index (χ0v) is 12.9. The zero-order valence-electron chi connectivity index (χ0n) is 12.1. The Morgan fingerprint density at radius 2 is 1.92 bits per heavy atom. The van der Waals surface area contributed by atoms with E-state index in [4.69, 9.17) is 11.6 Å². The predicted molar refractivity (Wildman–Crippen MR) is 88.8 cm³/mol. The highest BCUT2D eigenvalue weighted by molar-refractivity contribution is 6.28. The van der Waals surface area contributed by atoms with E-state index in [9.17, 15) is 14.5 Å². The summed E-state index contributed by atoms with van der Waals surface area (Å²) in [6.07, 6.45) is 1.52. The van der Waals surface area contributed by atoms with E-state index in [0.717, 1.165) is 6.07 Å². The van der Waals surface area contributed by atoms with Crippen molar-refractivity contribution in [2.75, 3.05) is 5.32 Å². The molecule has 1 aromatic heterocycles. The maximum Gasteiger partial charge on any atom is 0.272 e. The molecular weight excluding hydrogens is 335 g/mol. The fourth-order valence-corrected chi connectivity index (χ4v) is 2.31. The van der Waals surface area contributed by atoms with Gasteiger partial charge in [0, 0.05) is 23.5 Å². The van der Waals surface area contributed by atoms with Crippen molar-refractivity contribution >= 4 is 28.7 Å². The van der Waals surface area contributed by atoms with Crippen LogP contribution in [0.15, 0.2) is 54.7 Å². The number of benzene rings is 2. The van der Waals surface area contributed by atoms with E-state index < -0.39 is 10.7 Å². The van der Waals surface area contributed by atoms with Gasteiger partial charge in [-0.3, -0.25) is 10.1 Å². The van der Waals surface area contributed by atoms with Gasteiger partial charge in [-0.15, -0.1) is 0 Å². The van der Waals surface area contributed by atoms with Crippen LogP contribution < -0.4 is 5.32 Å². The number of nitrogens with one attached hydrogen (secondary N) is 1. The van der Waals surface area contributed by atoms with Gasteiger partial charge in [-0.05, 0) is 29.8 Å². The first-order valence-corrected chi connectivity index (χ1v) is 7.21. The number of nitro groups is 1. The first kappa shape index (κ1) is 15.8. The van der Waals surface area contributed by atoms with Crippen LogP contribution in [0.25, 0.3) is 11.3 Å². The number of aromatic nitrogens is 2. The number of rotatable bonds is 4. The predicted octanol–water partition coefficient (Wildman–Crippen LogP) is 4.59. The van der Waals surface area contributed by atoms with Gasteiger partial charge < -0.3 is 5.32 Å². The zero-order chi connectivity index (χ0) is 17.1. The Balaban J connectivity index is 1.98. The van der Waals surface area contributed by atoms with Gasteiger partial charge in [0.25, 0.3) is 5.69 Å². The molecule has 3 aromatic rings. The molecule has 0 saturated carbocycles. The molecule has 6 nitrogen and oxygen atoms in total. The minimum Gasteiger partial charge on any atom is -0.353 e. The van der Waals surface area contributed by atoms with Crippen molar-refractivity contribution in [2.45, 2.75) is 0 Å². The molecule has 120 valence electrons. The van der Waals surface area contributed by atoms with Crippen LogP contribution in [0.3, 0.4) is 0 Å². The van der Waals surface area contributed by atoms with Crippen LogP contribution in [-0.2, 0) is 0 Å². The number of non-ortho nitro benzene ring substituents is 1. The number of hydrogen-bond donors (Lipinski definition) is 1. The van der Waals surface area contributed by atoms with E-state index in [-0.39, 0.29) is 16.7 Å². The third kappa shape index (κ3) is 3.31. The quantitative estimate of drug-likeness (QED) is 0.425. The molecule has 2 aromatic carbocycles. The average molecular weight is 345 g/mol. The SMILES string of the molecule is O=[N+]([O-])c1ccc(Nc2ccccc2-c2ccnc(Cl)n2)c(F)c1. The van der Waals surface area contributed by atoms with E-state index in [1.54, 1.807) is 24.3 Å². The second-order valence-corrected chi connectivity index (χ2v) is 5.14. The molecule has 0 fully saturated rings. The fourth-order valence-electron chi connectivity index (χ4n) is 2.16. The Kier molecular flexibility index (Phi) is 4.35. The summed E-state index contributed by atoms with van der Waals surface area (Å²) in [6, 6.07) is 12.2. The van der Waals surface area contributed by atoms with Gasteiger partial charge in [0.15, 0.2) is 5.82 Å². The summed E-state index contributed by atoms with van der Waals surface area (Å²) in [5.74, 6) is -0.722. The van der Waals surface area contributed by atoms with Crippen molar-refractivity contribution in [3.8, 4) is 11.3 Å². The largest absolute Gasteiger partial charge is 0.353 e. The van der Waals surface area contributed by atoms with E-state index in [0.29, 0.717) is 16.9 Å². The number of para-hydroxylation sites is 1. The lowest BCUT2D eigenvalue weighted by atomic mass is 10.1. The number of nitro benzene ring substituents is 1. The molecule has 1 N–H and O–H groups in total. The summed E-state index contributed by atoms with van der Waals surface area (Å²) in [5.41, 5.74) is 1.65. The first-order valence-electron chi connectivity index (χ1n) is 6.83. The van der Waals surface area contributed by atoms with Crippen LogP contribution in [0.1, 0.15) is 0 Å². The van der Waals surface area contributed by atoms with E-state index >= 15 is 0 Å². The molecule has 0 aliphatic rings. The maximum absolute atomic E-state index is 14.1. The second kappa shape index (κ2) is 6.59. The van der Waals surface area contributed by atoms with Crippen LogP contribution in [-0.4, -0.2) is 14.9 Å². The molecule has 1 heterocycles. The minimum atomic E-state index is -0.722. The van der Waals surface area contributed by atoms with Gasteiger partial charge in [-0.2, -0.15) is 0 Å². The van der Waals surface area contributed by atoms with E-state index in [1.165, 1.54) is 18.3 Å². The molecule has 0 radical (unpaired) electrons. The van der Waals surface area contributed by atoms with Crippen LogP contribution in [0.5, 0.6) is 0 Å². The summed E-state index contributed by atoms with van der Waals surface area (Å²) in [5, 5.41) is 13.7. The Bertz CT molecular complexity index is 920. The average Bonchev–Trinajstić information content (AvgIpc) is 2.57. The van der Waals surface area contributed by atoms with E-state index in [1.807, 2.05) is 6.07 Å². The topological polar surface area (TPSA) is 81.0 Å². The highest BCUT2D eigenvalue weighted by Crippen LogP contribution is 2.31. The summed E-state index contributed by atoms with van der Waals surface area (Å²) < 4.78 is 14.1. The second-order valence-electron chi connectivity index (χ2n) is 4.80. The van der Waals surface area contributed by atoms with Crippen molar-refractivity contribution < 1.29 is 9.31 Å². The molecular formula is C16H10ClFN4O2. The Morgan fingerprint density at radius 3 is 2.62 bits per heavy atom. The van der Waals surface area contributed by atoms with Crippen molar-refractivity contribution in [2.24, 2.45) is 0 Å². The van der Waals surface area contributed by atoms with Crippen LogP contribution in [0.4, 0.5) is 21.5 Å². The minimum absolute atomic E-state index is 0.101. The lowest BCUT2D eigenvalue weighted by molar-refractivity contribution is -0.385. The molecule has 0 aliphatic heterocycles. The Morgan fingerprint density at radius 1 is 1.12 bits per heavy atom. The van der Waals surface area contributed by atoms with Crippen molar-refractivity contribution in [3.05, 3.63) is 75.9 Å². The molecule has 24 heavy (non-hydrogen) atoms. The van der Waals surface area contributed by atoms with Gasteiger partial charge in [0.05, 0.1) is 22.4 Å². The van der Waals surface area contributed by atoms with E-state index in [2.05, 4.69) is 15.3 Å². The van der Waals surface area contributed by atoms with Crippen LogP contribution >= 0.6 is 11.6 Å². The Hall–Kier alpha value is -3.06. The highest BCUT2D eigenvalue weighted by atomic mass is 35.5. The van der Waals surface area contributed by atoms with Gasteiger partial charge in [-0.1, -0.05) is 18.2 Å². The molecule has 0 aliphatic carbocycles. The summed E-state index contributed by atoms with van der Waals surface area (Å²) >= 11 is 5.81. The fraction of sp³-hybridized carbons (Fsp3) is 0. The van der Waals surface area contributed by atoms with Crippen LogP contribution in [0, 0.1) is 15.9 Å². The summed E-state index contributed by atoms with van der Waals surface area (Å²) in [6.45, 7) is 0. The summed E-state index contributed by atoms with van der Waals surface area (Å²) in [7, 11) is 0. The first-order chi connectivity index (χ1) is 11.5.